The first-order chi connectivity index (χ1) is 14.5. The molecule has 1 atom stereocenters. The zero-order valence-electron chi connectivity index (χ0n) is 18.2. The van der Waals surface area contributed by atoms with Gasteiger partial charge >= 0.3 is 0 Å². The number of benzene rings is 2. The number of aryl methyl sites for hydroxylation is 1. The Morgan fingerprint density at radius 3 is 2.50 bits per heavy atom. The molecule has 3 aromatic rings. The lowest BCUT2D eigenvalue weighted by Gasteiger charge is -2.25. The predicted molar refractivity (Wildman–Crippen MR) is 120 cm³/mol. The van der Waals surface area contributed by atoms with Gasteiger partial charge in [0.15, 0.2) is 5.67 Å². The summed E-state index contributed by atoms with van der Waals surface area (Å²) in [4.78, 5) is 2.64. The Kier molecular flexibility index (Phi) is 4.85. The van der Waals surface area contributed by atoms with Gasteiger partial charge in [0, 0.05) is 42.1 Å². The van der Waals surface area contributed by atoms with Crippen molar-refractivity contribution in [1.29, 1.82) is 0 Å². The maximum absolute atomic E-state index is 16.0. The molecule has 2 aromatic carbocycles. The van der Waals surface area contributed by atoms with Crippen LogP contribution in [0.4, 0.5) is 4.39 Å². The van der Waals surface area contributed by atoms with E-state index in [-0.39, 0.29) is 0 Å². The van der Waals surface area contributed by atoms with Gasteiger partial charge < -0.3 is 9.30 Å². The van der Waals surface area contributed by atoms with Gasteiger partial charge in [0.05, 0.1) is 13.7 Å². The Bertz CT molecular complexity index is 1060. The average Bonchev–Trinajstić information content (AvgIpc) is 3.56. The third kappa shape index (κ3) is 3.51. The lowest BCUT2D eigenvalue weighted by molar-refractivity contribution is 0.162. The minimum absolute atomic E-state index is 0.331. The molecule has 3 nitrogen and oxygen atoms in total. The van der Waals surface area contributed by atoms with Crippen molar-refractivity contribution < 1.29 is 9.13 Å². The second-order valence-electron chi connectivity index (χ2n) is 9.23. The smallest absolute Gasteiger partial charge is 0.151 e. The van der Waals surface area contributed by atoms with E-state index in [1.54, 1.807) is 14.0 Å². The van der Waals surface area contributed by atoms with Crippen molar-refractivity contribution >= 4 is 10.9 Å². The molecule has 1 fully saturated rings. The highest BCUT2D eigenvalue weighted by atomic mass is 19.1. The summed E-state index contributed by atoms with van der Waals surface area (Å²) in [5.74, 6) is 0.755. The molecule has 0 bridgehead atoms. The molecule has 4 heteroatoms. The van der Waals surface area contributed by atoms with Gasteiger partial charge in [0.1, 0.15) is 5.75 Å². The van der Waals surface area contributed by atoms with Gasteiger partial charge in [-0.05, 0) is 68.5 Å². The number of alkyl halides is 1. The zero-order chi connectivity index (χ0) is 20.9. The van der Waals surface area contributed by atoms with Gasteiger partial charge in [-0.1, -0.05) is 23.8 Å². The van der Waals surface area contributed by atoms with E-state index in [4.69, 9.17) is 4.74 Å². The van der Waals surface area contributed by atoms with E-state index in [1.807, 2.05) is 24.3 Å². The molecule has 0 spiro atoms. The second-order valence-corrected chi connectivity index (χ2v) is 9.23. The van der Waals surface area contributed by atoms with Gasteiger partial charge in [-0.2, -0.15) is 0 Å². The summed E-state index contributed by atoms with van der Waals surface area (Å²) in [5, 5.41) is 1.31. The molecule has 0 N–H and O–H groups in total. The van der Waals surface area contributed by atoms with Crippen LogP contribution in [0.1, 0.15) is 42.1 Å². The molecule has 2 aliphatic rings. The SMILES string of the molecule is COc1ccc(C(C)(F)Cn2c3c(c4cc(C)ccc42)CCN(C2CC2)CC3)cc1. The van der Waals surface area contributed by atoms with Gasteiger partial charge in [0.2, 0.25) is 0 Å². The fourth-order valence-electron chi connectivity index (χ4n) is 5.08. The molecule has 5 rings (SSSR count). The summed E-state index contributed by atoms with van der Waals surface area (Å²) in [7, 11) is 1.64. The first-order valence-corrected chi connectivity index (χ1v) is 11.1. The van der Waals surface area contributed by atoms with Crippen LogP contribution in [-0.2, 0) is 25.1 Å². The summed E-state index contributed by atoms with van der Waals surface area (Å²) >= 11 is 0. The molecule has 1 aromatic heterocycles. The fourth-order valence-corrected chi connectivity index (χ4v) is 5.08. The Balaban J connectivity index is 1.54. The number of aromatic nitrogens is 1. The van der Waals surface area contributed by atoms with Crippen molar-refractivity contribution in [1.82, 2.24) is 9.47 Å². The second kappa shape index (κ2) is 7.42. The first-order valence-electron chi connectivity index (χ1n) is 11.1. The Hall–Kier alpha value is -2.33. The number of hydrogen-bond acceptors (Lipinski definition) is 2. The van der Waals surface area contributed by atoms with E-state index in [0.717, 1.165) is 37.7 Å². The summed E-state index contributed by atoms with van der Waals surface area (Å²) in [5.41, 5.74) is 4.43. The molecule has 1 saturated carbocycles. The maximum Gasteiger partial charge on any atom is 0.151 e. The topological polar surface area (TPSA) is 17.4 Å². The number of fused-ring (bicyclic) bond motifs is 3. The summed E-state index contributed by atoms with van der Waals surface area (Å²) in [6.07, 6.45) is 4.73. The van der Waals surface area contributed by atoms with Crippen molar-refractivity contribution in [2.75, 3.05) is 20.2 Å². The predicted octanol–water partition coefficient (Wildman–Crippen LogP) is 5.41. The number of nitrogens with zero attached hydrogens (tertiary/aromatic N) is 2. The third-order valence-corrected chi connectivity index (χ3v) is 6.94. The van der Waals surface area contributed by atoms with Gasteiger partial charge in [-0.15, -0.1) is 0 Å². The largest absolute Gasteiger partial charge is 0.497 e. The number of ether oxygens (including phenoxy) is 1. The monoisotopic (exact) mass is 406 g/mol. The Morgan fingerprint density at radius 2 is 1.80 bits per heavy atom. The molecule has 158 valence electrons. The van der Waals surface area contributed by atoms with Crippen molar-refractivity contribution in [2.45, 2.75) is 57.8 Å². The lowest BCUT2D eigenvalue weighted by atomic mass is 9.97. The number of methoxy groups -OCH3 is 1. The molecule has 30 heavy (non-hydrogen) atoms. The minimum atomic E-state index is -1.46. The quantitative estimate of drug-likeness (QED) is 0.564. The van der Waals surface area contributed by atoms with E-state index < -0.39 is 5.67 Å². The first kappa shape index (κ1) is 19.6. The highest BCUT2D eigenvalue weighted by Crippen LogP contribution is 2.37. The molecule has 0 radical (unpaired) electrons. The highest BCUT2D eigenvalue weighted by molar-refractivity contribution is 5.86. The van der Waals surface area contributed by atoms with Crippen LogP contribution in [0.5, 0.6) is 5.75 Å². The summed E-state index contributed by atoms with van der Waals surface area (Å²) < 4.78 is 23.6. The molecule has 1 unspecified atom stereocenters. The van der Waals surface area contributed by atoms with Gasteiger partial charge in [-0.3, -0.25) is 4.90 Å². The van der Waals surface area contributed by atoms with E-state index in [0.29, 0.717) is 12.1 Å². The van der Waals surface area contributed by atoms with Crippen LogP contribution in [-0.4, -0.2) is 35.7 Å². The van der Waals surface area contributed by atoms with Gasteiger partial charge in [0.25, 0.3) is 0 Å². The molecule has 0 amide bonds. The Labute approximate surface area is 178 Å². The Morgan fingerprint density at radius 1 is 1.07 bits per heavy atom. The van der Waals surface area contributed by atoms with E-state index in [2.05, 4.69) is 34.6 Å². The van der Waals surface area contributed by atoms with E-state index in [9.17, 15) is 0 Å². The van der Waals surface area contributed by atoms with E-state index >= 15 is 4.39 Å². The molecule has 0 saturated heterocycles. The van der Waals surface area contributed by atoms with Crippen LogP contribution >= 0.6 is 0 Å². The van der Waals surface area contributed by atoms with Gasteiger partial charge in [-0.25, -0.2) is 4.39 Å². The van der Waals surface area contributed by atoms with Crippen LogP contribution < -0.4 is 4.74 Å². The molecule has 2 heterocycles. The summed E-state index contributed by atoms with van der Waals surface area (Å²) in [6, 6.07) is 14.8. The van der Waals surface area contributed by atoms with Crippen LogP contribution in [0.15, 0.2) is 42.5 Å². The zero-order valence-corrected chi connectivity index (χ0v) is 18.2. The van der Waals surface area contributed by atoms with Crippen molar-refractivity contribution in [3.8, 4) is 5.75 Å². The van der Waals surface area contributed by atoms with Crippen molar-refractivity contribution in [3.05, 3.63) is 64.8 Å². The van der Waals surface area contributed by atoms with Crippen molar-refractivity contribution in [2.24, 2.45) is 0 Å². The molecular formula is C26H31FN2O. The minimum Gasteiger partial charge on any atom is -0.497 e. The summed E-state index contributed by atoms with van der Waals surface area (Å²) in [6.45, 7) is 6.38. The fraction of sp³-hybridized carbons (Fsp3) is 0.462. The van der Waals surface area contributed by atoms with Crippen molar-refractivity contribution in [3.63, 3.8) is 0 Å². The number of hydrogen-bond donors (Lipinski definition) is 0. The van der Waals surface area contributed by atoms with Crippen LogP contribution in [0.25, 0.3) is 10.9 Å². The molecular weight excluding hydrogens is 375 g/mol. The highest BCUT2D eigenvalue weighted by Gasteiger charge is 2.33. The maximum atomic E-state index is 16.0. The van der Waals surface area contributed by atoms with Crippen LogP contribution in [0.2, 0.25) is 0 Å². The van der Waals surface area contributed by atoms with Crippen LogP contribution in [0, 0.1) is 6.92 Å². The number of halogens is 1. The standard InChI is InChI=1S/C26H31FN2O/c1-18-4-11-24-23(16-18)22-12-14-28(20-7-8-20)15-13-25(22)29(24)17-26(2,27)19-5-9-21(30-3)10-6-19/h4-6,9-11,16,20H,7-8,12-15,17H2,1-3H3. The molecule has 1 aliphatic carbocycles. The lowest BCUT2D eigenvalue weighted by Crippen LogP contribution is -2.29. The third-order valence-electron chi connectivity index (χ3n) is 6.94. The van der Waals surface area contributed by atoms with Crippen LogP contribution in [0.3, 0.4) is 0 Å². The van der Waals surface area contributed by atoms with E-state index in [1.165, 1.54) is 40.6 Å². The normalized spacial score (nSPS) is 19.3. The molecule has 1 aliphatic heterocycles. The number of rotatable bonds is 5. The average molecular weight is 407 g/mol.